The SMILES string of the molecule is CCNC(=NCCc1cccc(O)c1)N1CC2CCCCC2C1.I. The van der Waals surface area contributed by atoms with Crippen molar-refractivity contribution in [2.75, 3.05) is 26.2 Å². The van der Waals surface area contributed by atoms with Gasteiger partial charge >= 0.3 is 0 Å². The first-order chi connectivity index (χ1) is 11.3. The third-order valence-electron chi connectivity index (χ3n) is 5.18. The molecule has 4 nitrogen and oxygen atoms in total. The Kier molecular flexibility index (Phi) is 7.65. The van der Waals surface area contributed by atoms with E-state index in [1.54, 1.807) is 6.07 Å². The molecular formula is C19H30IN3O. The zero-order valence-electron chi connectivity index (χ0n) is 14.6. The number of aliphatic imine (C=N–C) groups is 1. The number of hydrogen-bond donors (Lipinski definition) is 2. The lowest BCUT2D eigenvalue weighted by molar-refractivity contribution is 0.299. The second-order valence-electron chi connectivity index (χ2n) is 6.87. The van der Waals surface area contributed by atoms with E-state index >= 15 is 0 Å². The average molecular weight is 443 g/mol. The number of nitrogens with zero attached hydrogens (tertiary/aromatic N) is 2. The zero-order chi connectivity index (χ0) is 16.1. The second-order valence-corrected chi connectivity index (χ2v) is 6.87. The van der Waals surface area contributed by atoms with E-state index in [0.29, 0.717) is 5.75 Å². The van der Waals surface area contributed by atoms with Crippen LogP contribution < -0.4 is 5.32 Å². The number of halogens is 1. The number of likely N-dealkylation sites (tertiary alicyclic amines) is 1. The molecule has 0 spiro atoms. The van der Waals surface area contributed by atoms with Crippen LogP contribution in [0.4, 0.5) is 0 Å². The predicted octanol–water partition coefficient (Wildman–Crippen LogP) is 3.64. The first kappa shape index (κ1) is 19.3. The molecule has 0 radical (unpaired) electrons. The molecule has 0 amide bonds. The normalized spacial score (nSPS) is 23.5. The minimum atomic E-state index is 0. The molecule has 24 heavy (non-hydrogen) atoms. The molecule has 1 aliphatic heterocycles. The van der Waals surface area contributed by atoms with Crippen molar-refractivity contribution in [2.24, 2.45) is 16.8 Å². The highest BCUT2D eigenvalue weighted by Crippen LogP contribution is 2.35. The maximum Gasteiger partial charge on any atom is 0.193 e. The molecule has 2 aliphatic rings. The molecule has 0 aromatic heterocycles. The highest BCUT2D eigenvalue weighted by molar-refractivity contribution is 14.0. The summed E-state index contributed by atoms with van der Waals surface area (Å²) in [5, 5.41) is 13.0. The van der Waals surface area contributed by atoms with Gasteiger partial charge in [0.05, 0.1) is 0 Å². The van der Waals surface area contributed by atoms with Crippen LogP contribution in [0.3, 0.4) is 0 Å². The Bertz CT molecular complexity index is 535. The van der Waals surface area contributed by atoms with Gasteiger partial charge in [-0.15, -0.1) is 24.0 Å². The summed E-state index contributed by atoms with van der Waals surface area (Å²) in [6.45, 7) is 6.15. The third kappa shape index (κ3) is 5.01. The van der Waals surface area contributed by atoms with Crippen LogP contribution in [-0.2, 0) is 6.42 Å². The van der Waals surface area contributed by atoms with E-state index in [1.165, 1.54) is 38.8 Å². The van der Waals surface area contributed by atoms with Crippen molar-refractivity contribution in [3.63, 3.8) is 0 Å². The predicted molar refractivity (Wildman–Crippen MR) is 110 cm³/mol. The van der Waals surface area contributed by atoms with Crippen LogP contribution in [0.5, 0.6) is 5.75 Å². The summed E-state index contributed by atoms with van der Waals surface area (Å²) in [6, 6.07) is 7.48. The van der Waals surface area contributed by atoms with Gasteiger partial charge in [-0.1, -0.05) is 25.0 Å². The third-order valence-corrected chi connectivity index (χ3v) is 5.18. The highest BCUT2D eigenvalue weighted by Gasteiger charge is 2.35. The fraction of sp³-hybridized carbons (Fsp3) is 0.632. The summed E-state index contributed by atoms with van der Waals surface area (Å²) in [7, 11) is 0. The van der Waals surface area contributed by atoms with E-state index in [4.69, 9.17) is 4.99 Å². The molecule has 1 heterocycles. The fourth-order valence-electron chi connectivity index (χ4n) is 4.01. The Morgan fingerprint density at radius 1 is 1.25 bits per heavy atom. The van der Waals surface area contributed by atoms with Gasteiger partial charge in [0, 0.05) is 26.2 Å². The molecule has 1 saturated carbocycles. The molecule has 2 atom stereocenters. The number of aromatic hydroxyl groups is 1. The van der Waals surface area contributed by atoms with Gasteiger partial charge in [0.15, 0.2) is 5.96 Å². The molecule has 5 heteroatoms. The topological polar surface area (TPSA) is 47.9 Å². The van der Waals surface area contributed by atoms with E-state index in [9.17, 15) is 5.11 Å². The number of nitrogens with one attached hydrogen (secondary N) is 1. The van der Waals surface area contributed by atoms with Crippen LogP contribution in [-0.4, -0.2) is 42.1 Å². The van der Waals surface area contributed by atoms with Crippen molar-refractivity contribution in [1.82, 2.24) is 10.2 Å². The summed E-state index contributed by atoms with van der Waals surface area (Å²) in [4.78, 5) is 7.29. The first-order valence-electron chi connectivity index (χ1n) is 9.07. The Morgan fingerprint density at radius 3 is 2.58 bits per heavy atom. The summed E-state index contributed by atoms with van der Waals surface area (Å²) in [5.74, 6) is 3.15. The Balaban J connectivity index is 0.00000208. The standard InChI is InChI=1S/C19H29N3O.HI/c1-2-20-19(21-11-10-15-6-5-9-18(23)12-15)22-13-16-7-3-4-8-17(16)14-22;/h5-6,9,12,16-17,23H,2-4,7-8,10-11,13-14H2,1H3,(H,20,21);1H. The van der Waals surface area contributed by atoms with Gasteiger partial charge in [0.25, 0.3) is 0 Å². The van der Waals surface area contributed by atoms with Gasteiger partial charge < -0.3 is 15.3 Å². The van der Waals surface area contributed by atoms with Gasteiger partial charge in [-0.05, 0) is 55.7 Å². The molecular weight excluding hydrogens is 413 g/mol. The van der Waals surface area contributed by atoms with E-state index < -0.39 is 0 Å². The van der Waals surface area contributed by atoms with Gasteiger partial charge in [-0.3, -0.25) is 4.99 Å². The van der Waals surface area contributed by atoms with Crippen LogP contribution in [0.15, 0.2) is 29.3 Å². The molecule has 1 aromatic rings. The Morgan fingerprint density at radius 2 is 1.96 bits per heavy atom. The Hall–Kier alpha value is -0.980. The second kappa shape index (κ2) is 9.49. The van der Waals surface area contributed by atoms with Crippen molar-refractivity contribution in [3.05, 3.63) is 29.8 Å². The maximum absolute atomic E-state index is 9.54. The van der Waals surface area contributed by atoms with Gasteiger partial charge in [-0.25, -0.2) is 0 Å². The van der Waals surface area contributed by atoms with Crippen molar-refractivity contribution >= 4 is 29.9 Å². The summed E-state index contributed by atoms with van der Waals surface area (Å²) in [5.41, 5.74) is 1.14. The minimum absolute atomic E-state index is 0. The minimum Gasteiger partial charge on any atom is -0.508 e. The van der Waals surface area contributed by atoms with Crippen molar-refractivity contribution in [3.8, 4) is 5.75 Å². The quantitative estimate of drug-likeness (QED) is 0.425. The van der Waals surface area contributed by atoms with Crippen molar-refractivity contribution < 1.29 is 5.11 Å². The molecule has 1 saturated heterocycles. The largest absolute Gasteiger partial charge is 0.508 e. The number of phenolic OH excluding ortho intramolecular Hbond substituents is 1. The molecule has 2 fully saturated rings. The van der Waals surface area contributed by atoms with Gasteiger partial charge in [-0.2, -0.15) is 0 Å². The monoisotopic (exact) mass is 443 g/mol. The van der Waals surface area contributed by atoms with E-state index in [0.717, 1.165) is 42.9 Å². The van der Waals surface area contributed by atoms with Crippen LogP contribution >= 0.6 is 24.0 Å². The first-order valence-corrected chi connectivity index (χ1v) is 9.07. The fourth-order valence-corrected chi connectivity index (χ4v) is 4.01. The molecule has 3 rings (SSSR count). The maximum atomic E-state index is 9.54. The van der Waals surface area contributed by atoms with Crippen LogP contribution in [0.25, 0.3) is 0 Å². The number of phenols is 1. The average Bonchev–Trinajstić information content (AvgIpc) is 2.98. The molecule has 1 aliphatic carbocycles. The van der Waals surface area contributed by atoms with Gasteiger partial charge in [0.2, 0.25) is 0 Å². The molecule has 2 unspecified atom stereocenters. The number of fused-ring (bicyclic) bond motifs is 1. The van der Waals surface area contributed by atoms with Crippen LogP contribution in [0.1, 0.15) is 38.2 Å². The highest BCUT2D eigenvalue weighted by atomic mass is 127. The number of rotatable bonds is 4. The van der Waals surface area contributed by atoms with Gasteiger partial charge in [0.1, 0.15) is 5.75 Å². The lowest BCUT2D eigenvalue weighted by Gasteiger charge is -2.22. The number of benzene rings is 1. The van der Waals surface area contributed by atoms with E-state index in [1.807, 2.05) is 18.2 Å². The Labute approximate surface area is 162 Å². The van der Waals surface area contributed by atoms with Crippen LogP contribution in [0.2, 0.25) is 0 Å². The number of hydrogen-bond acceptors (Lipinski definition) is 2. The number of guanidine groups is 1. The lowest BCUT2D eigenvalue weighted by atomic mass is 9.82. The zero-order valence-corrected chi connectivity index (χ0v) is 16.9. The van der Waals surface area contributed by atoms with E-state index in [2.05, 4.69) is 17.1 Å². The van der Waals surface area contributed by atoms with E-state index in [-0.39, 0.29) is 24.0 Å². The van der Waals surface area contributed by atoms with Crippen molar-refractivity contribution in [1.29, 1.82) is 0 Å². The summed E-state index contributed by atoms with van der Waals surface area (Å²) >= 11 is 0. The van der Waals surface area contributed by atoms with Crippen LogP contribution in [0, 0.1) is 11.8 Å². The smallest absolute Gasteiger partial charge is 0.193 e. The molecule has 2 N–H and O–H groups in total. The molecule has 1 aromatic carbocycles. The summed E-state index contributed by atoms with van der Waals surface area (Å²) < 4.78 is 0. The summed E-state index contributed by atoms with van der Waals surface area (Å²) in [6.07, 6.45) is 6.46. The molecule has 0 bridgehead atoms. The van der Waals surface area contributed by atoms with Crippen molar-refractivity contribution in [2.45, 2.75) is 39.0 Å². The lowest BCUT2D eigenvalue weighted by Crippen LogP contribution is -2.40. The molecule has 134 valence electrons.